The molecule has 0 bridgehead atoms. The van der Waals surface area contributed by atoms with E-state index in [9.17, 15) is 9.59 Å². The van der Waals surface area contributed by atoms with Gasteiger partial charge in [-0.3, -0.25) is 9.78 Å². The second-order valence-corrected chi connectivity index (χ2v) is 5.13. The van der Waals surface area contributed by atoms with Gasteiger partial charge in [0.25, 0.3) is 0 Å². The van der Waals surface area contributed by atoms with Crippen molar-refractivity contribution in [3.8, 4) is 0 Å². The predicted octanol–water partition coefficient (Wildman–Crippen LogP) is 1.91. The number of carboxylic acid groups (broad SMARTS) is 1. The Morgan fingerprint density at radius 3 is 2.76 bits per heavy atom. The van der Waals surface area contributed by atoms with Gasteiger partial charge in [-0.1, -0.05) is 6.07 Å². The molecule has 0 aliphatic rings. The summed E-state index contributed by atoms with van der Waals surface area (Å²) in [5, 5.41) is 11.5. The minimum atomic E-state index is -0.837. The Kier molecular flexibility index (Phi) is 7.21. The molecule has 6 nitrogen and oxygen atoms in total. The summed E-state index contributed by atoms with van der Waals surface area (Å²) >= 11 is 0. The van der Waals surface area contributed by atoms with Crippen molar-refractivity contribution < 1.29 is 14.7 Å². The Bertz CT molecular complexity index is 449. The van der Waals surface area contributed by atoms with Crippen molar-refractivity contribution >= 4 is 12.0 Å². The number of nitrogens with zero attached hydrogens (tertiary/aromatic N) is 2. The first-order valence-electron chi connectivity index (χ1n) is 7.16. The molecule has 116 valence electrons. The zero-order valence-corrected chi connectivity index (χ0v) is 12.6. The van der Waals surface area contributed by atoms with Crippen LogP contribution in [0.25, 0.3) is 0 Å². The van der Waals surface area contributed by atoms with Gasteiger partial charge in [0.05, 0.1) is 0 Å². The average molecular weight is 293 g/mol. The van der Waals surface area contributed by atoms with Crippen LogP contribution < -0.4 is 5.32 Å². The predicted molar refractivity (Wildman–Crippen MR) is 80.1 cm³/mol. The molecule has 6 heteroatoms. The minimum Gasteiger partial charge on any atom is -0.481 e. The molecule has 1 rings (SSSR count). The fourth-order valence-electron chi connectivity index (χ4n) is 1.96. The molecule has 1 aromatic rings. The van der Waals surface area contributed by atoms with Gasteiger partial charge >= 0.3 is 12.0 Å². The monoisotopic (exact) mass is 293 g/mol. The van der Waals surface area contributed by atoms with E-state index in [4.69, 9.17) is 5.11 Å². The summed E-state index contributed by atoms with van der Waals surface area (Å²) in [4.78, 5) is 28.3. The Labute approximate surface area is 125 Å². The molecule has 2 N–H and O–H groups in total. The van der Waals surface area contributed by atoms with Gasteiger partial charge in [0.1, 0.15) is 0 Å². The van der Waals surface area contributed by atoms with Crippen molar-refractivity contribution in [2.24, 2.45) is 0 Å². The number of aromatic nitrogens is 1. The first-order chi connectivity index (χ1) is 10.0. The Balaban J connectivity index is 2.36. The highest BCUT2D eigenvalue weighted by atomic mass is 16.4. The smallest absolute Gasteiger partial charge is 0.317 e. The van der Waals surface area contributed by atoms with Gasteiger partial charge < -0.3 is 15.3 Å². The third kappa shape index (κ3) is 6.74. The van der Waals surface area contributed by atoms with E-state index in [0.29, 0.717) is 19.5 Å². The zero-order chi connectivity index (χ0) is 15.7. The fraction of sp³-hybridized carbons (Fsp3) is 0.533. The maximum Gasteiger partial charge on any atom is 0.317 e. The number of hydrogen-bond acceptors (Lipinski definition) is 3. The zero-order valence-electron chi connectivity index (χ0n) is 12.6. The number of hydrogen-bond donors (Lipinski definition) is 2. The van der Waals surface area contributed by atoms with Crippen LogP contribution in [0.15, 0.2) is 24.5 Å². The van der Waals surface area contributed by atoms with Gasteiger partial charge in [0.15, 0.2) is 0 Å². The summed E-state index contributed by atoms with van der Waals surface area (Å²) < 4.78 is 0. The van der Waals surface area contributed by atoms with E-state index < -0.39 is 5.97 Å². The highest BCUT2D eigenvalue weighted by Gasteiger charge is 2.16. The molecule has 0 aromatic carbocycles. The maximum absolute atomic E-state index is 12.1. The quantitative estimate of drug-likeness (QED) is 0.767. The second-order valence-electron chi connectivity index (χ2n) is 5.13. The first kappa shape index (κ1) is 16.9. The molecule has 0 saturated heterocycles. The van der Waals surface area contributed by atoms with E-state index in [0.717, 1.165) is 12.0 Å². The van der Waals surface area contributed by atoms with Gasteiger partial charge in [0, 0.05) is 37.9 Å². The third-order valence-corrected chi connectivity index (χ3v) is 3.09. The summed E-state index contributed by atoms with van der Waals surface area (Å²) in [7, 11) is 0. The Hall–Kier alpha value is -2.11. The summed E-state index contributed by atoms with van der Waals surface area (Å²) in [5.41, 5.74) is 1.07. The number of rotatable bonds is 8. The van der Waals surface area contributed by atoms with Gasteiger partial charge in [-0.05, 0) is 38.3 Å². The molecule has 0 fully saturated rings. The van der Waals surface area contributed by atoms with Crippen molar-refractivity contribution in [3.05, 3.63) is 30.1 Å². The van der Waals surface area contributed by atoms with Gasteiger partial charge in [-0.15, -0.1) is 0 Å². The SMILES string of the molecule is CC(C)N(CCCC(=O)O)C(=O)NCCc1cccnc1. The molecule has 0 saturated carbocycles. The van der Waals surface area contributed by atoms with Crippen molar-refractivity contribution in [2.45, 2.75) is 39.2 Å². The lowest BCUT2D eigenvalue weighted by atomic mass is 10.2. The topological polar surface area (TPSA) is 82.5 Å². The van der Waals surface area contributed by atoms with Crippen LogP contribution in [-0.2, 0) is 11.2 Å². The van der Waals surface area contributed by atoms with Gasteiger partial charge in [0.2, 0.25) is 0 Å². The number of urea groups is 1. The third-order valence-electron chi connectivity index (χ3n) is 3.09. The summed E-state index contributed by atoms with van der Waals surface area (Å²) in [6, 6.07) is 3.71. The van der Waals surface area contributed by atoms with Gasteiger partial charge in [-0.2, -0.15) is 0 Å². The lowest BCUT2D eigenvalue weighted by molar-refractivity contribution is -0.137. The van der Waals surface area contributed by atoms with E-state index in [-0.39, 0.29) is 18.5 Å². The lowest BCUT2D eigenvalue weighted by Gasteiger charge is -2.26. The number of carbonyl (C=O) groups is 2. The van der Waals surface area contributed by atoms with Crippen LogP contribution in [0.3, 0.4) is 0 Å². The molecule has 0 aliphatic carbocycles. The highest BCUT2D eigenvalue weighted by Crippen LogP contribution is 2.03. The number of nitrogens with one attached hydrogen (secondary N) is 1. The van der Waals surface area contributed by atoms with Crippen molar-refractivity contribution in [2.75, 3.05) is 13.1 Å². The first-order valence-corrected chi connectivity index (χ1v) is 7.16. The number of amides is 2. The minimum absolute atomic E-state index is 0.0391. The standard InChI is InChI=1S/C15H23N3O3/c1-12(2)18(10-4-6-14(19)20)15(21)17-9-7-13-5-3-8-16-11-13/h3,5,8,11-12H,4,6-7,9-10H2,1-2H3,(H,17,21)(H,19,20). The van der Waals surface area contributed by atoms with Crippen LogP contribution in [0.2, 0.25) is 0 Å². The van der Waals surface area contributed by atoms with Crippen LogP contribution in [-0.4, -0.2) is 46.1 Å². The Morgan fingerprint density at radius 1 is 1.43 bits per heavy atom. The van der Waals surface area contributed by atoms with Crippen LogP contribution >= 0.6 is 0 Å². The molecule has 0 atom stereocenters. The van der Waals surface area contributed by atoms with Crippen molar-refractivity contribution in [1.29, 1.82) is 0 Å². The molecular formula is C15H23N3O3. The number of pyridine rings is 1. The van der Waals surface area contributed by atoms with Gasteiger partial charge in [-0.25, -0.2) is 4.79 Å². The molecule has 0 unspecified atom stereocenters. The molecule has 0 aliphatic heterocycles. The van der Waals surface area contributed by atoms with Crippen LogP contribution in [0, 0.1) is 0 Å². The summed E-state index contributed by atoms with van der Waals surface area (Å²) in [5.74, 6) is -0.837. The number of aliphatic carboxylic acids is 1. The average Bonchev–Trinajstić information content (AvgIpc) is 2.44. The molecule has 0 radical (unpaired) electrons. The largest absolute Gasteiger partial charge is 0.481 e. The normalized spacial score (nSPS) is 10.4. The van der Waals surface area contributed by atoms with E-state index in [1.165, 1.54) is 0 Å². The number of carbonyl (C=O) groups excluding carboxylic acids is 1. The molecule has 0 spiro atoms. The van der Waals surface area contributed by atoms with E-state index in [1.807, 2.05) is 26.0 Å². The van der Waals surface area contributed by atoms with Crippen molar-refractivity contribution in [3.63, 3.8) is 0 Å². The Morgan fingerprint density at radius 2 is 2.19 bits per heavy atom. The molecule has 1 aromatic heterocycles. The second kappa shape index (κ2) is 8.94. The van der Waals surface area contributed by atoms with E-state index in [1.54, 1.807) is 17.3 Å². The molecule has 1 heterocycles. The van der Waals surface area contributed by atoms with Crippen molar-refractivity contribution in [1.82, 2.24) is 15.2 Å². The molecular weight excluding hydrogens is 270 g/mol. The maximum atomic E-state index is 12.1. The number of carboxylic acids is 1. The lowest BCUT2D eigenvalue weighted by Crippen LogP contribution is -2.45. The van der Waals surface area contributed by atoms with Crippen LogP contribution in [0.5, 0.6) is 0 Å². The van der Waals surface area contributed by atoms with E-state index >= 15 is 0 Å². The van der Waals surface area contributed by atoms with E-state index in [2.05, 4.69) is 10.3 Å². The highest BCUT2D eigenvalue weighted by molar-refractivity contribution is 5.74. The van der Waals surface area contributed by atoms with Crippen LogP contribution in [0.1, 0.15) is 32.3 Å². The molecule has 21 heavy (non-hydrogen) atoms. The van der Waals surface area contributed by atoms with Crippen LogP contribution in [0.4, 0.5) is 4.79 Å². The molecule has 2 amide bonds. The fourth-order valence-corrected chi connectivity index (χ4v) is 1.96. The summed E-state index contributed by atoms with van der Waals surface area (Å²) in [6.45, 7) is 4.82. The summed E-state index contributed by atoms with van der Waals surface area (Å²) in [6.07, 6.45) is 4.75.